The lowest BCUT2D eigenvalue weighted by Gasteiger charge is -2.25. The minimum Gasteiger partial charge on any atom is -0.497 e. The molecule has 0 saturated carbocycles. The quantitative estimate of drug-likeness (QED) is 0.362. The van der Waals surface area contributed by atoms with Crippen LogP contribution in [0.5, 0.6) is 5.75 Å². The van der Waals surface area contributed by atoms with Crippen molar-refractivity contribution in [2.24, 2.45) is 5.92 Å². The molecule has 0 aliphatic rings. The van der Waals surface area contributed by atoms with Crippen LogP contribution in [0, 0.1) is 12.8 Å². The molecule has 0 aliphatic carbocycles. The Labute approximate surface area is 213 Å². The molecule has 1 amide bonds. The fourth-order valence-corrected chi connectivity index (χ4v) is 5.47. The van der Waals surface area contributed by atoms with Gasteiger partial charge >= 0.3 is 0 Å². The average Bonchev–Trinajstić information content (AvgIpc) is 3.25. The molecule has 8 nitrogen and oxygen atoms in total. The molecule has 1 heterocycles. The number of ether oxygens (including phenoxy) is 2. The van der Waals surface area contributed by atoms with Gasteiger partial charge in [-0.3, -0.25) is 4.79 Å². The zero-order chi connectivity index (χ0) is 26.3. The first-order valence-corrected chi connectivity index (χ1v) is 13.5. The highest BCUT2D eigenvalue weighted by Gasteiger charge is 2.26. The van der Waals surface area contributed by atoms with Crippen LogP contribution >= 0.6 is 0 Å². The van der Waals surface area contributed by atoms with Crippen molar-refractivity contribution in [2.75, 3.05) is 27.4 Å². The van der Waals surface area contributed by atoms with E-state index in [1.54, 1.807) is 47.0 Å². The molecule has 9 heteroatoms. The summed E-state index contributed by atoms with van der Waals surface area (Å²) >= 11 is 0. The third kappa shape index (κ3) is 6.95. The van der Waals surface area contributed by atoms with E-state index in [4.69, 9.17) is 9.47 Å². The van der Waals surface area contributed by atoms with Crippen LogP contribution in [-0.4, -0.2) is 56.1 Å². The zero-order valence-corrected chi connectivity index (χ0v) is 22.4. The fourth-order valence-electron chi connectivity index (χ4n) is 3.97. The highest BCUT2D eigenvalue weighted by atomic mass is 32.2. The number of rotatable bonds is 12. The number of benzene rings is 2. The molecular formula is C27H35N3O5S. The molecule has 0 N–H and O–H groups in total. The molecule has 36 heavy (non-hydrogen) atoms. The number of sulfone groups is 1. The van der Waals surface area contributed by atoms with Crippen LogP contribution in [0.15, 0.2) is 59.9 Å². The number of carbonyl (C=O) groups excluding carboxylic acids is 1. The maximum absolute atomic E-state index is 13.4. The lowest BCUT2D eigenvalue weighted by Crippen LogP contribution is -2.34. The smallest absolute Gasteiger partial charge is 0.254 e. The molecule has 0 bridgehead atoms. The number of amides is 1. The number of methoxy groups -OCH3 is 2. The largest absolute Gasteiger partial charge is 0.497 e. The summed E-state index contributed by atoms with van der Waals surface area (Å²) in [5.74, 6) is 0.492. The van der Waals surface area contributed by atoms with E-state index in [1.165, 1.54) is 7.11 Å². The second-order valence-corrected chi connectivity index (χ2v) is 11.1. The zero-order valence-electron chi connectivity index (χ0n) is 21.6. The Morgan fingerprint density at radius 3 is 2.47 bits per heavy atom. The second-order valence-electron chi connectivity index (χ2n) is 9.23. The van der Waals surface area contributed by atoms with Gasteiger partial charge < -0.3 is 18.9 Å². The van der Waals surface area contributed by atoms with Gasteiger partial charge in [-0.1, -0.05) is 43.7 Å². The van der Waals surface area contributed by atoms with Crippen LogP contribution in [0.4, 0.5) is 0 Å². The van der Waals surface area contributed by atoms with Gasteiger partial charge in [0, 0.05) is 25.8 Å². The summed E-state index contributed by atoms with van der Waals surface area (Å²) in [4.78, 5) is 19.4. The summed E-state index contributed by atoms with van der Waals surface area (Å²) in [6.45, 7) is 7.42. The third-order valence-electron chi connectivity index (χ3n) is 5.71. The Kier molecular flexibility index (Phi) is 9.28. The molecule has 3 aromatic rings. The highest BCUT2D eigenvalue weighted by Crippen LogP contribution is 2.22. The normalized spacial score (nSPS) is 11.6. The summed E-state index contributed by atoms with van der Waals surface area (Å²) in [5.41, 5.74) is 2.91. The van der Waals surface area contributed by atoms with Crippen LogP contribution in [-0.2, 0) is 33.4 Å². The second kappa shape index (κ2) is 12.2. The summed E-state index contributed by atoms with van der Waals surface area (Å²) < 4.78 is 38.9. The van der Waals surface area contributed by atoms with Gasteiger partial charge in [-0.25, -0.2) is 13.4 Å². The molecule has 0 fully saturated rings. The van der Waals surface area contributed by atoms with Crippen LogP contribution in [0.25, 0.3) is 0 Å². The van der Waals surface area contributed by atoms with Crippen molar-refractivity contribution in [2.45, 2.75) is 44.8 Å². The Morgan fingerprint density at radius 1 is 1.11 bits per heavy atom. The Bertz CT molecular complexity index is 1270. The molecule has 194 valence electrons. The molecule has 2 aromatic carbocycles. The number of nitrogens with zero attached hydrogens (tertiary/aromatic N) is 3. The van der Waals surface area contributed by atoms with Gasteiger partial charge in [0.2, 0.25) is 15.0 Å². The molecule has 3 rings (SSSR count). The Morgan fingerprint density at radius 2 is 1.83 bits per heavy atom. The first kappa shape index (κ1) is 27.4. The van der Waals surface area contributed by atoms with Crippen molar-refractivity contribution in [1.29, 1.82) is 0 Å². The van der Waals surface area contributed by atoms with Crippen LogP contribution < -0.4 is 4.74 Å². The average molecular weight is 514 g/mol. The Hall–Kier alpha value is -3.17. The predicted molar refractivity (Wildman–Crippen MR) is 139 cm³/mol. The minimum atomic E-state index is -3.78. The van der Waals surface area contributed by atoms with E-state index in [2.05, 4.69) is 4.98 Å². The van der Waals surface area contributed by atoms with Crippen LogP contribution in [0.3, 0.4) is 0 Å². The first-order chi connectivity index (χ1) is 17.1. The van der Waals surface area contributed by atoms with Gasteiger partial charge in [0.15, 0.2) is 0 Å². The molecule has 0 unspecified atom stereocenters. The van der Waals surface area contributed by atoms with E-state index in [-0.39, 0.29) is 29.3 Å². The van der Waals surface area contributed by atoms with Crippen LogP contribution in [0.1, 0.15) is 41.0 Å². The van der Waals surface area contributed by atoms with Gasteiger partial charge in [-0.05, 0) is 42.7 Å². The van der Waals surface area contributed by atoms with E-state index in [0.717, 1.165) is 5.56 Å². The topological polar surface area (TPSA) is 90.7 Å². The molecule has 0 saturated heterocycles. The summed E-state index contributed by atoms with van der Waals surface area (Å²) in [7, 11) is -0.675. The van der Waals surface area contributed by atoms with Crippen molar-refractivity contribution in [3.05, 3.63) is 77.1 Å². The van der Waals surface area contributed by atoms with E-state index in [0.29, 0.717) is 42.3 Å². The number of aromatic nitrogens is 2. The molecule has 1 aromatic heterocycles. The lowest BCUT2D eigenvalue weighted by molar-refractivity contribution is 0.0717. The number of hydrogen-bond acceptors (Lipinski definition) is 6. The first-order valence-electron chi connectivity index (χ1n) is 11.9. The number of imidazole rings is 1. The fraction of sp³-hybridized carbons (Fsp3) is 0.407. The SMILES string of the molecule is COCCn1c(CN(CC(C)C)C(=O)c2ccc(C)cc2)cnc1S(=O)(=O)Cc1cccc(OC)c1. The third-order valence-corrected chi connectivity index (χ3v) is 7.31. The van der Waals surface area contributed by atoms with Gasteiger partial charge in [-0.2, -0.15) is 0 Å². The molecule has 0 atom stereocenters. The monoisotopic (exact) mass is 513 g/mol. The maximum atomic E-state index is 13.4. The van der Waals surface area contributed by atoms with Crippen LogP contribution in [0.2, 0.25) is 0 Å². The van der Waals surface area contributed by atoms with Gasteiger partial charge in [0.05, 0.1) is 37.9 Å². The van der Waals surface area contributed by atoms with Crippen molar-refractivity contribution in [3.8, 4) is 5.75 Å². The lowest BCUT2D eigenvalue weighted by atomic mass is 10.1. The van der Waals surface area contributed by atoms with Gasteiger partial charge in [0.25, 0.3) is 5.91 Å². The molecule has 0 spiro atoms. The highest BCUT2D eigenvalue weighted by molar-refractivity contribution is 7.90. The summed E-state index contributed by atoms with van der Waals surface area (Å²) in [6, 6.07) is 14.4. The minimum absolute atomic E-state index is 0.0374. The van der Waals surface area contributed by atoms with Crippen molar-refractivity contribution in [1.82, 2.24) is 14.5 Å². The standard InChI is InChI=1S/C27H35N3O5S/c1-20(2)17-29(26(31)23-11-9-21(3)10-12-23)18-24-16-28-27(30(24)13-14-34-4)36(32,33)19-22-7-6-8-25(15-22)35-5/h6-12,15-16,20H,13-14,17-19H2,1-5H3. The van der Waals surface area contributed by atoms with E-state index in [1.807, 2.05) is 45.0 Å². The van der Waals surface area contributed by atoms with E-state index in [9.17, 15) is 13.2 Å². The molecule has 0 aliphatic heterocycles. The van der Waals surface area contributed by atoms with Crippen molar-refractivity contribution < 1.29 is 22.7 Å². The Balaban J connectivity index is 1.94. The predicted octanol–water partition coefficient (Wildman–Crippen LogP) is 4.12. The van der Waals surface area contributed by atoms with Crippen molar-refractivity contribution in [3.63, 3.8) is 0 Å². The van der Waals surface area contributed by atoms with Gasteiger partial charge in [-0.15, -0.1) is 0 Å². The molecular weight excluding hydrogens is 478 g/mol. The van der Waals surface area contributed by atoms with Gasteiger partial charge in [0.1, 0.15) is 5.75 Å². The van der Waals surface area contributed by atoms with Crippen molar-refractivity contribution >= 4 is 15.7 Å². The summed E-state index contributed by atoms with van der Waals surface area (Å²) in [6.07, 6.45) is 1.55. The van der Waals surface area contributed by atoms with E-state index < -0.39 is 9.84 Å². The number of aryl methyl sites for hydroxylation is 1. The molecule has 0 radical (unpaired) electrons. The van der Waals surface area contributed by atoms with E-state index >= 15 is 0 Å². The number of hydrogen-bond donors (Lipinski definition) is 0. The summed E-state index contributed by atoms with van der Waals surface area (Å²) in [5, 5.41) is -0.0374. The maximum Gasteiger partial charge on any atom is 0.254 e. The number of carbonyl (C=O) groups is 1.